The molecule has 4 amide bonds. The zero-order valence-electron chi connectivity index (χ0n) is 35.0. The first-order valence-corrected chi connectivity index (χ1v) is 21.2. The van der Waals surface area contributed by atoms with Gasteiger partial charge in [-0.3, -0.25) is 14.6 Å². The van der Waals surface area contributed by atoms with E-state index in [0.717, 1.165) is 73.3 Å². The molecule has 3 aliphatic heterocycles. The SMILES string of the molecule is COC(=O)N[C@H](C(=O)N1CCCC1c1ncc(-c2ccc(C34CC(c5ccc(C6=CN=C([C@@H]7CCCN7C(=O)[C@@H](NC(=O)OC)C(C)C)C6)cc5)(C3)C4)cc2)[nH]1)C(C)C. The zero-order chi connectivity index (χ0) is 41.6. The summed E-state index contributed by atoms with van der Waals surface area (Å²) in [7, 11) is 2.61. The Kier molecular flexibility index (Phi) is 10.9. The van der Waals surface area contributed by atoms with Gasteiger partial charge in [0.05, 0.1) is 38.2 Å². The van der Waals surface area contributed by atoms with E-state index in [-0.39, 0.29) is 46.6 Å². The van der Waals surface area contributed by atoms with Crippen LogP contribution in [0.25, 0.3) is 16.8 Å². The largest absolute Gasteiger partial charge is 0.453 e. The van der Waals surface area contributed by atoms with E-state index in [1.54, 1.807) is 0 Å². The van der Waals surface area contributed by atoms with Crippen LogP contribution in [0.4, 0.5) is 9.59 Å². The monoisotopic (exact) mass is 803 g/mol. The molecule has 13 nitrogen and oxygen atoms in total. The molecule has 1 unspecified atom stereocenters. The number of ether oxygens (including phenoxy) is 2. The van der Waals surface area contributed by atoms with Gasteiger partial charge in [0.2, 0.25) is 11.8 Å². The Balaban J connectivity index is 0.856. The van der Waals surface area contributed by atoms with Crippen molar-refractivity contribution in [1.29, 1.82) is 0 Å². The van der Waals surface area contributed by atoms with E-state index in [4.69, 9.17) is 19.5 Å². The van der Waals surface area contributed by atoms with Gasteiger partial charge < -0.3 is 34.9 Å². The van der Waals surface area contributed by atoms with Gasteiger partial charge in [0.25, 0.3) is 0 Å². The van der Waals surface area contributed by atoms with Crippen LogP contribution in [0.1, 0.15) is 108 Å². The molecule has 312 valence electrons. The molecule has 4 heterocycles. The summed E-state index contributed by atoms with van der Waals surface area (Å²) in [6.07, 6.45) is 10.2. The highest BCUT2D eigenvalue weighted by Crippen LogP contribution is 2.74. The van der Waals surface area contributed by atoms with Crippen molar-refractivity contribution in [2.75, 3.05) is 27.3 Å². The molecule has 2 saturated heterocycles. The van der Waals surface area contributed by atoms with E-state index in [2.05, 4.69) is 64.1 Å². The number of H-pyrrole nitrogens is 1. The van der Waals surface area contributed by atoms with E-state index in [1.165, 1.54) is 30.9 Å². The van der Waals surface area contributed by atoms with Crippen molar-refractivity contribution in [2.24, 2.45) is 16.8 Å². The van der Waals surface area contributed by atoms with Gasteiger partial charge in [0, 0.05) is 31.4 Å². The lowest BCUT2D eigenvalue weighted by atomic mass is 9.32. The van der Waals surface area contributed by atoms with Crippen molar-refractivity contribution in [3.63, 3.8) is 0 Å². The fourth-order valence-electron chi connectivity index (χ4n) is 10.4. The maximum atomic E-state index is 13.6. The van der Waals surface area contributed by atoms with Gasteiger partial charge in [0.15, 0.2) is 0 Å². The summed E-state index contributed by atoms with van der Waals surface area (Å²) in [4.78, 5) is 67.9. The molecule has 0 spiro atoms. The summed E-state index contributed by atoms with van der Waals surface area (Å²) in [6.45, 7) is 8.96. The number of hydrogen-bond donors (Lipinski definition) is 3. The molecule has 1 aromatic heterocycles. The molecule has 9 rings (SSSR count). The van der Waals surface area contributed by atoms with Gasteiger partial charge in [0.1, 0.15) is 17.9 Å². The molecule has 3 aliphatic carbocycles. The number of aromatic amines is 1. The van der Waals surface area contributed by atoms with Crippen LogP contribution in [0, 0.1) is 11.8 Å². The Morgan fingerprint density at radius 2 is 1.22 bits per heavy atom. The van der Waals surface area contributed by atoms with Gasteiger partial charge in [-0.25, -0.2) is 14.6 Å². The van der Waals surface area contributed by atoms with E-state index in [9.17, 15) is 19.2 Å². The average Bonchev–Trinajstić information content (AvgIpc) is 4.04. The Bertz CT molecular complexity index is 2140. The summed E-state index contributed by atoms with van der Waals surface area (Å²) in [5.41, 5.74) is 8.54. The summed E-state index contributed by atoms with van der Waals surface area (Å²) in [5, 5.41) is 5.45. The van der Waals surface area contributed by atoms with Gasteiger partial charge >= 0.3 is 12.2 Å². The third-order valence-corrected chi connectivity index (χ3v) is 13.6. The number of allylic oxidation sites excluding steroid dienone is 1. The molecule has 3 aromatic rings. The number of nitrogens with one attached hydrogen (secondary N) is 3. The summed E-state index contributed by atoms with van der Waals surface area (Å²) in [6, 6.07) is 16.4. The topological polar surface area (TPSA) is 158 Å². The third kappa shape index (κ3) is 7.41. The second-order valence-electron chi connectivity index (χ2n) is 18.0. The number of methoxy groups -OCH3 is 2. The van der Waals surface area contributed by atoms with Crippen molar-refractivity contribution in [2.45, 2.75) is 114 Å². The van der Waals surface area contributed by atoms with E-state index >= 15 is 0 Å². The number of aliphatic imine (C=N–C) groups is 1. The molecule has 0 radical (unpaired) electrons. The van der Waals surface area contributed by atoms with Crippen LogP contribution < -0.4 is 10.6 Å². The molecule has 59 heavy (non-hydrogen) atoms. The first kappa shape index (κ1) is 40.3. The number of rotatable bonds is 12. The maximum Gasteiger partial charge on any atom is 0.407 e. The van der Waals surface area contributed by atoms with Crippen LogP contribution in [-0.4, -0.2) is 94.9 Å². The van der Waals surface area contributed by atoms with Crippen molar-refractivity contribution < 1.29 is 28.7 Å². The van der Waals surface area contributed by atoms with Gasteiger partial charge in [-0.05, 0) is 95.4 Å². The van der Waals surface area contributed by atoms with Crippen LogP contribution in [-0.2, 0) is 29.9 Å². The number of benzene rings is 2. The second-order valence-corrected chi connectivity index (χ2v) is 18.0. The Morgan fingerprint density at radius 1 is 0.729 bits per heavy atom. The van der Waals surface area contributed by atoms with E-state index < -0.39 is 24.3 Å². The van der Waals surface area contributed by atoms with Crippen LogP contribution in [0.3, 0.4) is 0 Å². The van der Waals surface area contributed by atoms with Gasteiger partial charge in [-0.1, -0.05) is 76.2 Å². The van der Waals surface area contributed by atoms with Crippen LogP contribution >= 0.6 is 0 Å². The minimum absolute atomic E-state index is 0.0683. The molecule has 4 atom stereocenters. The number of aromatic nitrogens is 2. The number of nitrogens with zero attached hydrogens (tertiary/aromatic N) is 4. The number of imidazole rings is 1. The molecule has 2 aromatic carbocycles. The average molecular weight is 804 g/mol. The first-order valence-electron chi connectivity index (χ1n) is 21.2. The van der Waals surface area contributed by atoms with Crippen molar-refractivity contribution in [3.8, 4) is 11.3 Å². The highest BCUT2D eigenvalue weighted by atomic mass is 16.5. The normalized spacial score (nSPS) is 25.5. The Hall–Kier alpha value is -5.46. The van der Waals surface area contributed by atoms with Crippen LogP contribution in [0.15, 0.2) is 65.9 Å². The van der Waals surface area contributed by atoms with Crippen molar-refractivity contribution in [3.05, 3.63) is 83.4 Å². The predicted octanol–water partition coefficient (Wildman–Crippen LogP) is 7.05. The summed E-state index contributed by atoms with van der Waals surface area (Å²) >= 11 is 0. The predicted molar refractivity (Wildman–Crippen MR) is 224 cm³/mol. The van der Waals surface area contributed by atoms with Gasteiger partial charge in [-0.2, -0.15) is 0 Å². The zero-order valence-corrected chi connectivity index (χ0v) is 35.0. The molecule has 5 fully saturated rings. The third-order valence-electron chi connectivity index (χ3n) is 13.6. The highest BCUT2D eigenvalue weighted by Gasteiger charge is 2.68. The minimum Gasteiger partial charge on any atom is -0.453 e. The van der Waals surface area contributed by atoms with Crippen LogP contribution in [0.2, 0.25) is 0 Å². The van der Waals surface area contributed by atoms with Crippen molar-refractivity contribution >= 4 is 35.3 Å². The van der Waals surface area contributed by atoms with E-state index in [1.807, 2.05) is 49.9 Å². The standard InChI is InChI=1S/C46H57N7O6/c1-27(2)38(50-43(56)58-5)41(54)52-19-7-9-36(52)34-21-31(22-47-34)29-11-15-32(16-12-29)45-24-46(25-45,26-45)33-17-13-30(14-18-33)35-23-48-40(49-35)37-10-8-20-53(37)42(55)39(28(3)4)51-44(57)59-6/h11-18,22-23,27-28,36-39H,7-10,19-21,24-26H2,1-6H3,(H,48,49)(H,50,56)(H,51,57)/t36-,37?,38-,39-,45?,46?/m0/s1. The molecule has 3 N–H and O–H groups in total. The number of carbonyl (C=O) groups excluding carboxylic acids is 4. The molecule has 2 bridgehead atoms. The number of amides is 4. The highest BCUT2D eigenvalue weighted by molar-refractivity contribution is 6.03. The summed E-state index contributed by atoms with van der Waals surface area (Å²) in [5.74, 6) is 0.405. The van der Waals surface area contributed by atoms with Crippen molar-refractivity contribution in [1.82, 2.24) is 30.4 Å². The molecular formula is C46H57N7O6. The molecule has 13 heteroatoms. The number of likely N-dealkylation sites (tertiary alicyclic amines) is 2. The molecule has 3 saturated carbocycles. The first-order chi connectivity index (χ1) is 28.3. The smallest absolute Gasteiger partial charge is 0.407 e. The maximum absolute atomic E-state index is 13.6. The fraction of sp³-hybridized carbons (Fsp3) is 0.522. The minimum atomic E-state index is -0.669. The lowest BCUT2D eigenvalue weighted by Gasteiger charge is -2.71. The number of hydrogen-bond acceptors (Lipinski definition) is 8. The second kappa shape index (κ2) is 16.0. The molecular weight excluding hydrogens is 747 g/mol. The van der Waals surface area contributed by atoms with Crippen LogP contribution in [0.5, 0.6) is 0 Å². The quantitative estimate of drug-likeness (QED) is 0.177. The summed E-state index contributed by atoms with van der Waals surface area (Å²) < 4.78 is 9.56. The lowest BCUT2D eigenvalue weighted by Crippen LogP contribution is -2.67. The fourth-order valence-corrected chi connectivity index (χ4v) is 10.4. The van der Waals surface area contributed by atoms with E-state index in [0.29, 0.717) is 19.5 Å². The lowest BCUT2D eigenvalue weighted by molar-refractivity contribution is -0.135. The number of carbonyl (C=O) groups is 4. The Labute approximate surface area is 346 Å². The molecule has 6 aliphatic rings. The van der Waals surface area contributed by atoms with Gasteiger partial charge in [-0.15, -0.1) is 0 Å². The Morgan fingerprint density at radius 3 is 1.73 bits per heavy atom. The number of alkyl carbamates (subject to hydrolysis) is 2.